The van der Waals surface area contributed by atoms with Gasteiger partial charge < -0.3 is 14.6 Å². The van der Waals surface area contributed by atoms with Gasteiger partial charge in [-0.3, -0.25) is 4.79 Å². The van der Waals surface area contributed by atoms with Crippen LogP contribution in [0, 0.1) is 23.7 Å². The molecule has 3 aliphatic heterocycles. The molecular weight excluding hydrogens is 444 g/mol. The van der Waals surface area contributed by atoms with Crippen LogP contribution in [0.1, 0.15) is 59.8 Å². The van der Waals surface area contributed by atoms with Crippen molar-refractivity contribution in [2.75, 3.05) is 20.1 Å². The predicted molar refractivity (Wildman–Crippen MR) is 141 cm³/mol. The summed E-state index contributed by atoms with van der Waals surface area (Å²) < 4.78 is 0. The molecule has 7 heteroatoms. The van der Waals surface area contributed by atoms with Crippen molar-refractivity contribution < 1.29 is 9.59 Å². The van der Waals surface area contributed by atoms with Crippen LogP contribution in [0.3, 0.4) is 0 Å². The molecule has 0 saturated carbocycles. The van der Waals surface area contributed by atoms with Crippen molar-refractivity contribution in [1.82, 2.24) is 9.80 Å². The van der Waals surface area contributed by atoms with E-state index in [4.69, 9.17) is 9.98 Å². The van der Waals surface area contributed by atoms with Crippen LogP contribution in [-0.2, 0) is 9.59 Å². The fourth-order valence-electron chi connectivity index (χ4n) is 5.60. The first kappa shape index (κ1) is 25.0. The number of thioether (sulfide) groups is 1. The number of piperidine rings is 1. The number of aliphatic imine (C=N–C) groups is 2. The molecule has 1 amide bonds. The molecule has 0 aromatic rings. The van der Waals surface area contributed by atoms with Crippen LogP contribution in [0.4, 0.5) is 0 Å². The highest BCUT2D eigenvalue weighted by atomic mass is 32.2. The number of likely N-dealkylation sites (tertiary alicyclic amines) is 1. The van der Waals surface area contributed by atoms with Crippen molar-refractivity contribution in [3.63, 3.8) is 0 Å². The zero-order valence-electron chi connectivity index (χ0n) is 21.2. The number of carbonyl (C=O) groups excluding carboxylic acids is 2. The molecular formula is C27H38N4O2S. The van der Waals surface area contributed by atoms with Crippen LogP contribution in [0.25, 0.3) is 0 Å². The Balaban J connectivity index is 1.46. The molecule has 0 N–H and O–H groups in total. The van der Waals surface area contributed by atoms with Crippen molar-refractivity contribution in [3.8, 4) is 0 Å². The number of hydrogen-bond donors (Lipinski definition) is 0. The molecule has 1 saturated heterocycles. The average Bonchev–Trinajstić information content (AvgIpc) is 3.01. The van der Waals surface area contributed by atoms with Crippen LogP contribution >= 0.6 is 11.8 Å². The normalized spacial score (nSPS) is 26.5. The molecule has 1 fully saturated rings. The Kier molecular flexibility index (Phi) is 7.80. The van der Waals surface area contributed by atoms with Crippen LogP contribution in [0.15, 0.2) is 43.3 Å². The highest BCUT2D eigenvalue weighted by Gasteiger charge is 2.33. The van der Waals surface area contributed by atoms with Gasteiger partial charge in [0.15, 0.2) is 0 Å². The van der Waals surface area contributed by atoms with Gasteiger partial charge in [0, 0.05) is 49.3 Å². The molecule has 3 atom stereocenters. The van der Waals surface area contributed by atoms with Gasteiger partial charge in [-0.1, -0.05) is 51.1 Å². The van der Waals surface area contributed by atoms with Gasteiger partial charge in [0.2, 0.25) is 5.91 Å². The topological polar surface area (TPSA) is 65.3 Å². The number of hydrogen-bond acceptors (Lipinski definition) is 6. The minimum atomic E-state index is 0.0171. The minimum absolute atomic E-state index is 0.0171. The SMILES string of the molecule is CC(C)C(=O)N1CCC(N(C)C2=C3CC(=NC=N2)C(C2CCC(C(C)C=O)=C[C@@H]2C)=CS3)CC1. The van der Waals surface area contributed by atoms with Gasteiger partial charge in [-0.2, -0.15) is 0 Å². The molecule has 6 nitrogen and oxygen atoms in total. The van der Waals surface area contributed by atoms with E-state index in [0.29, 0.717) is 17.9 Å². The summed E-state index contributed by atoms with van der Waals surface area (Å²) in [5, 5.41) is 2.30. The second-order valence-electron chi connectivity index (χ2n) is 10.4. The maximum absolute atomic E-state index is 12.4. The van der Waals surface area contributed by atoms with Gasteiger partial charge in [0.25, 0.3) is 0 Å². The highest BCUT2D eigenvalue weighted by Crippen LogP contribution is 2.43. The van der Waals surface area contributed by atoms with Crippen LogP contribution < -0.4 is 0 Å². The quantitative estimate of drug-likeness (QED) is 0.393. The lowest BCUT2D eigenvalue weighted by Crippen LogP contribution is -2.46. The second-order valence-corrected chi connectivity index (χ2v) is 11.4. The van der Waals surface area contributed by atoms with Crippen molar-refractivity contribution in [3.05, 3.63) is 33.4 Å². The highest BCUT2D eigenvalue weighted by molar-refractivity contribution is 8.06. The van der Waals surface area contributed by atoms with Gasteiger partial charge in [0.1, 0.15) is 18.4 Å². The number of allylic oxidation sites excluding steroid dienone is 4. The summed E-state index contributed by atoms with van der Waals surface area (Å²) >= 11 is 1.80. The van der Waals surface area contributed by atoms with Gasteiger partial charge in [0.05, 0.1) is 5.71 Å². The largest absolute Gasteiger partial charge is 0.356 e. The monoisotopic (exact) mass is 482 g/mol. The Morgan fingerprint density at radius 3 is 2.62 bits per heavy atom. The molecule has 184 valence electrons. The lowest BCUT2D eigenvalue weighted by Gasteiger charge is -2.39. The lowest BCUT2D eigenvalue weighted by molar-refractivity contribution is -0.135. The molecule has 0 aromatic heterocycles. The first-order valence-electron chi connectivity index (χ1n) is 12.7. The van der Waals surface area contributed by atoms with Crippen LogP contribution in [0.5, 0.6) is 0 Å². The molecule has 0 aromatic carbocycles. The average molecular weight is 483 g/mol. The van der Waals surface area contributed by atoms with Gasteiger partial charge in [-0.15, -0.1) is 0 Å². The first-order chi connectivity index (χ1) is 16.3. The maximum Gasteiger partial charge on any atom is 0.225 e. The summed E-state index contributed by atoms with van der Waals surface area (Å²) in [4.78, 5) is 38.7. The fraction of sp³-hybridized carbons (Fsp3) is 0.630. The molecule has 0 spiro atoms. The Labute approximate surface area is 208 Å². The van der Waals surface area contributed by atoms with E-state index in [2.05, 4.69) is 30.4 Å². The van der Waals surface area contributed by atoms with Gasteiger partial charge in [-0.25, -0.2) is 9.98 Å². The standard InChI is InChI=1S/C27H38N4O2S/c1-17(2)27(33)31-10-8-21(9-11-31)30(5)26-25-13-24(28-16-29-26)23(15-34-25)22-7-6-20(12-18(22)3)19(4)14-32/h12,14-19,21-22H,6-11,13H2,1-5H3/t18-,19?,22?/m0/s1. The van der Waals surface area contributed by atoms with E-state index < -0.39 is 0 Å². The first-order valence-corrected chi connectivity index (χ1v) is 13.5. The van der Waals surface area contributed by atoms with Gasteiger partial charge in [-0.05, 0) is 48.5 Å². The Morgan fingerprint density at radius 2 is 1.97 bits per heavy atom. The predicted octanol–water partition coefficient (Wildman–Crippen LogP) is 5.05. The maximum atomic E-state index is 12.4. The van der Waals surface area contributed by atoms with E-state index in [1.165, 1.54) is 16.1 Å². The third-order valence-electron chi connectivity index (χ3n) is 7.83. The minimum Gasteiger partial charge on any atom is -0.356 e. The summed E-state index contributed by atoms with van der Waals surface area (Å²) in [7, 11) is 2.14. The van der Waals surface area contributed by atoms with Crippen LogP contribution in [-0.4, -0.2) is 60.2 Å². The summed E-state index contributed by atoms with van der Waals surface area (Å²) in [6, 6.07) is 0.380. The van der Waals surface area contributed by atoms with E-state index >= 15 is 0 Å². The number of carbonyl (C=O) groups is 2. The zero-order chi connectivity index (χ0) is 24.4. The molecule has 3 heterocycles. The molecule has 34 heavy (non-hydrogen) atoms. The smallest absolute Gasteiger partial charge is 0.225 e. The van der Waals surface area contributed by atoms with Crippen molar-refractivity contribution in [2.24, 2.45) is 33.7 Å². The Morgan fingerprint density at radius 1 is 1.24 bits per heavy atom. The molecule has 1 aliphatic carbocycles. The van der Waals surface area contributed by atoms with Crippen LogP contribution in [0.2, 0.25) is 0 Å². The molecule has 2 unspecified atom stereocenters. The lowest BCUT2D eigenvalue weighted by atomic mass is 9.74. The fourth-order valence-corrected chi connectivity index (χ4v) is 6.71. The van der Waals surface area contributed by atoms with E-state index in [1.54, 1.807) is 18.1 Å². The summed E-state index contributed by atoms with van der Waals surface area (Å²) in [6.45, 7) is 9.84. The van der Waals surface area contributed by atoms with Gasteiger partial charge >= 0.3 is 0 Å². The van der Waals surface area contributed by atoms with Crippen molar-refractivity contribution in [1.29, 1.82) is 0 Å². The number of fused-ring (bicyclic) bond motifs is 2. The molecule has 0 radical (unpaired) electrons. The second kappa shape index (κ2) is 10.6. The van der Waals surface area contributed by atoms with E-state index in [0.717, 1.165) is 63.0 Å². The number of nitrogens with zero attached hydrogens (tertiary/aromatic N) is 4. The molecule has 4 rings (SSSR count). The number of aldehydes is 1. The zero-order valence-corrected chi connectivity index (χ0v) is 22.0. The van der Waals surface area contributed by atoms with E-state index in [1.807, 2.05) is 25.7 Å². The third kappa shape index (κ3) is 5.09. The molecule has 2 bridgehead atoms. The van der Waals surface area contributed by atoms with Crippen molar-refractivity contribution in [2.45, 2.75) is 65.8 Å². The number of rotatable bonds is 6. The third-order valence-corrected chi connectivity index (χ3v) is 8.81. The molecule has 4 aliphatic rings. The number of amides is 1. The summed E-state index contributed by atoms with van der Waals surface area (Å²) in [6.07, 6.45) is 9.90. The van der Waals surface area contributed by atoms with E-state index in [-0.39, 0.29) is 17.7 Å². The van der Waals surface area contributed by atoms with Crippen molar-refractivity contribution >= 4 is 36.0 Å². The Hall–Kier alpha value is -2.15. The summed E-state index contributed by atoms with van der Waals surface area (Å²) in [5.74, 6) is 2.19. The Bertz CT molecular complexity index is 969. The van der Waals surface area contributed by atoms with E-state index in [9.17, 15) is 9.59 Å². The summed E-state index contributed by atoms with van der Waals surface area (Å²) in [5.41, 5.74) is 3.75.